The van der Waals surface area contributed by atoms with Gasteiger partial charge in [0.2, 0.25) is 5.91 Å². The lowest BCUT2D eigenvalue weighted by Crippen LogP contribution is -2.32. The summed E-state index contributed by atoms with van der Waals surface area (Å²) >= 11 is 0. The summed E-state index contributed by atoms with van der Waals surface area (Å²) in [6, 6.07) is 13.1. The number of aromatic nitrogens is 1. The van der Waals surface area contributed by atoms with Gasteiger partial charge in [-0.1, -0.05) is 32.0 Å². The van der Waals surface area contributed by atoms with Crippen LogP contribution in [0.2, 0.25) is 0 Å². The monoisotopic (exact) mass is 337 g/mol. The smallest absolute Gasteiger partial charge is 0.246 e. The summed E-state index contributed by atoms with van der Waals surface area (Å²) in [4.78, 5) is 16.9. The molecule has 0 aliphatic heterocycles. The molecular weight excluding hydrogens is 314 g/mol. The van der Waals surface area contributed by atoms with Crippen LogP contribution in [0.4, 0.5) is 11.4 Å². The van der Waals surface area contributed by atoms with Crippen molar-refractivity contribution < 1.29 is 9.21 Å². The third kappa shape index (κ3) is 3.82. The standard InChI is InChI=1S/C20H23N3O2/c1-12(2)16-7-5-6-8-17(16)23-20(24)13(3)21-15-9-10-19-18(11-15)22-14(4)25-19/h5-13,21H,1-4H3,(H,23,24). The highest BCUT2D eigenvalue weighted by atomic mass is 16.3. The van der Waals surface area contributed by atoms with Crippen molar-refractivity contribution in [3.05, 3.63) is 53.9 Å². The molecule has 1 aromatic heterocycles. The van der Waals surface area contributed by atoms with E-state index >= 15 is 0 Å². The van der Waals surface area contributed by atoms with Gasteiger partial charge in [0.05, 0.1) is 0 Å². The normalized spacial score (nSPS) is 12.4. The van der Waals surface area contributed by atoms with E-state index in [1.54, 1.807) is 0 Å². The van der Waals surface area contributed by atoms with Crippen molar-refractivity contribution in [2.45, 2.75) is 39.7 Å². The zero-order valence-electron chi connectivity index (χ0n) is 15.0. The van der Waals surface area contributed by atoms with Gasteiger partial charge in [-0.3, -0.25) is 4.79 Å². The second-order valence-electron chi connectivity index (χ2n) is 6.51. The first-order chi connectivity index (χ1) is 11.9. The Labute approximate surface area is 147 Å². The molecule has 0 aliphatic rings. The summed E-state index contributed by atoms with van der Waals surface area (Å²) in [5.41, 5.74) is 4.34. The second kappa shape index (κ2) is 6.97. The van der Waals surface area contributed by atoms with Gasteiger partial charge < -0.3 is 15.1 Å². The van der Waals surface area contributed by atoms with Crippen LogP contribution in [0.1, 0.15) is 38.1 Å². The Morgan fingerprint density at radius 2 is 1.88 bits per heavy atom. The molecule has 0 fully saturated rings. The molecule has 25 heavy (non-hydrogen) atoms. The molecule has 3 rings (SSSR count). The number of benzene rings is 2. The van der Waals surface area contributed by atoms with Crippen molar-refractivity contribution in [3.63, 3.8) is 0 Å². The first-order valence-electron chi connectivity index (χ1n) is 8.47. The first-order valence-corrected chi connectivity index (χ1v) is 8.47. The number of aryl methyl sites for hydroxylation is 1. The fourth-order valence-corrected chi connectivity index (χ4v) is 2.80. The van der Waals surface area contributed by atoms with E-state index in [4.69, 9.17) is 4.42 Å². The Balaban J connectivity index is 1.71. The maximum atomic E-state index is 12.6. The molecule has 5 heteroatoms. The molecule has 0 bridgehead atoms. The van der Waals surface area contributed by atoms with Gasteiger partial charge in [-0.05, 0) is 42.7 Å². The summed E-state index contributed by atoms with van der Waals surface area (Å²) < 4.78 is 5.47. The molecule has 1 heterocycles. The van der Waals surface area contributed by atoms with Crippen molar-refractivity contribution in [1.29, 1.82) is 0 Å². The number of fused-ring (bicyclic) bond motifs is 1. The highest BCUT2D eigenvalue weighted by Crippen LogP contribution is 2.24. The van der Waals surface area contributed by atoms with Crippen LogP contribution in [0.15, 0.2) is 46.9 Å². The van der Waals surface area contributed by atoms with E-state index in [9.17, 15) is 4.79 Å². The zero-order chi connectivity index (χ0) is 18.0. The highest BCUT2D eigenvalue weighted by molar-refractivity contribution is 5.97. The molecule has 1 atom stereocenters. The summed E-state index contributed by atoms with van der Waals surface area (Å²) in [5, 5.41) is 6.24. The number of nitrogens with one attached hydrogen (secondary N) is 2. The Bertz CT molecular complexity index is 899. The van der Waals surface area contributed by atoms with Crippen LogP contribution in [0.3, 0.4) is 0 Å². The van der Waals surface area contributed by atoms with Gasteiger partial charge in [0.25, 0.3) is 0 Å². The number of hydrogen-bond donors (Lipinski definition) is 2. The third-order valence-corrected chi connectivity index (χ3v) is 4.11. The van der Waals surface area contributed by atoms with Crippen molar-refractivity contribution >= 4 is 28.4 Å². The maximum absolute atomic E-state index is 12.6. The van der Waals surface area contributed by atoms with Crippen LogP contribution in [-0.4, -0.2) is 16.9 Å². The number of amides is 1. The fourth-order valence-electron chi connectivity index (χ4n) is 2.80. The average molecular weight is 337 g/mol. The molecule has 5 nitrogen and oxygen atoms in total. The number of carbonyl (C=O) groups is 1. The molecule has 0 saturated heterocycles. The highest BCUT2D eigenvalue weighted by Gasteiger charge is 2.16. The molecular formula is C20H23N3O2. The van der Waals surface area contributed by atoms with Crippen molar-refractivity contribution in [2.75, 3.05) is 10.6 Å². The predicted molar refractivity (Wildman–Crippen MR) is 101 cm³/mol. The molecule has 0 aliphatic carbocycles. The number of oxazole rings is 1. The number of rotatable bonds is 5. The number of carbonyl (C=O) groups excluding carboxylic acids is 1. The van der Waals surface area contributed by atoms with Crippen LogP contribution in [0, 0.1) is 6.92 Å². The fraction of sp³-hybridized carbons (Fsp3) is 0.300. The molecule has 0 saturated carbocycles. The van der Waals surface area contributed by atoms with Gasteiger partial charge >= 0.3 is 0 Å². The number of hydrogen-bond acceptors (Lipinski definition) is 4. The van der Waals surface area contributed by atoms with E-state index in [-0.39, 0.29) is 11.9 Å². The van der Waals surface area contributed by atoms with E-state index in [1.165, 1.54) is 0 Å². The minimum atomic E-state index is -0.384. The molecule has 2 aromatic carbocycles. The first kappa shape index (κ1) is 17.0. The van der Waals surface area contributed by atoms with Gasteiger partial charge in [-0.15, -0.1) is 0 Å². The second-order valence-corrected chi connectivity index (χ2v) is 6.51. The number of para-hydroxylation sites is 1. The van der Waals surface area contributed by atoms with Gasteiger partial charge in [-0.2, -0.15) is 0 Å². The van der Waals surface area contributed by atoms with Gasteiger partial charge in [0, 0.05) is 18.3 Å². The Morgan fingerprint density at radius 1 is 1.12 bits per heavy atom. The van der Waals surface area contributed by atoms with Crippen molar-refractivity contribution in [1.82, 2.24) is 4.98 Å². The van der Waals surface area contributed by atoms with Crippen LogP contribution < -0.4 is 10.6 Å². The van der Waals surface area contributed by atoms with Crippen LogP contribution >= 0.6 is 0 Å². The van der Waals surface area contributed by atoms with Crippen LogP contribution in [0.25, 0.3) is 11.1 Å². The van der Waals surface area contributed by atoms with Crippen molar-refractivity contribution in [3.8, 4) is 0 Å². The van der Waals surface area contributed by atoms with Crippen LogP contribution in [-0.2, 0) is 4.79 Å². The quantitative estimate of drug-likeness (QED) is 0.708. The molecule has 3 aromatic rings. The predicted octanol–water partition coefficient (Wildman–Crippen LogP) is 4.70. The molecule has 1 amide bonds. The summed E-state index contributed by atoms with van der Waals surface area (Å²) in [5.74, 6) is 0.894. The third-order valence-electron chi connectivity index (χ3n) is 4.11. The van der Waals surface area contributed by atoms with Gasteiger partial charge in [-0.25, -0.2) is 4.98 Å². The zero-order valence-corrected chi connectivity index (χ0v) is 15.0. The van der Waals surface area contributed by atoms with Crippen molar-refractivity contribution in [2.24, 2.45) is 0 Å². The summed E-state index contributed by atoms with van der Waals surface area (Å²) in [7, 11) is 0. The number of anilines is 2. The summed E-state index contributed by atoms with van der Waals surface area (Å²) in [6.45, 7) is 7.88. The topological polar surface area (TPSA) is 67.2 Å². The van der Waals surface area contributed by atoms with E-state index < -0.39 is 0 Å². The number of nitrogens with zero attached hydrogens (tertiary/aromatic N) is 1. The van der Waals surface area contributed by atoms with E-state index in [0.717, 1.165) is 28.0 Å². The Hall–Kier alpha value is -2.82. The van der Waals surface area contributed by atoms with Crippen LogP contribution in [0.5, 0.6) is 0 Å². The molecule has 130 valence electrons. The summed E-state index contributed by atoms with van der Waals surface area (Å²) in [6.07, 6.45) is 0. The van der Waals surface area contributed by atoms with E-state index in [1.807, 2.05) is 56.3 Å². The Morgan fingerprint density at radius 3 is 2.64 bits per heavy atom. The molecule has 0 spiro atoms. The minimum Gasteiger partial charge on any atom is -0.441 e. The van der Waals surface area contributed by atoms with Gasteiger partial charge in [0.15, 0.2) is 11.5 Å². The van der Waals surface area contributed by atoms with E-state index in [0.29, 0.717) is 11.8 Å². The maximum Gasteiger partial charge on any atom is 0.246 e. The molecule has 2 N–H and O–H groups in total. The Kier molecular flexibility index (Phi) is 4.74. The lowest BCUT2D eigenvalue weighted by molar-refractivity contribution is -0.116. The minimum absolute atomic E-state index is 0.0791. The molecule has 1 unspecified atom stereocenters. The SMILES string of the molecule is Cc1nc2cc(NC(C)C(=O)Nc3ccccc3C(C)C)ccc2o1. The lowest BCUT2D eigenvalue weighted by atomic mass is 10.0. The van der Waals surface area contributed by atoms with E-state index in [2.05, 4.69) is 29.5 Å². The molecule has 0 radical (unpaired) electrons. The lowest BCUT2D eigenvalue weighted by Gasteiger charge is -2.18. The van der Waals surface area contributed by atoms with Gasteiger partial charge in [0.1, 0.15) is 11.6 Å². The largest absolute Gasteiger partial charge is 0.441 e. The average Bonchev–Trinajstić information content (AvgIpc) is 2.94.